The summed E-state index contributed by atoms with van der Waals surface area (Å²) in [7, 11) is 1.61. The number of ether oxygens (including phenoxy) is 1. The molecule has 0 spiro atoms. The summed E-state index contributed by atoms with van der Waals surface area (Å²) in [5.74, 6) is 0.214. The topological polar surface area (TPSA) is 91.8 Å². The fourth-order valence-electron chi connectivity index (χ4n) is 3.11. The van der Waals surface area contributed by atoms with E-state index in [-0.39, 0.29) is 23.2 Å². The van der Waals surface area contributed by atoms with E-state index in [9.17, 15) is 14.4 Å². The highest BCUT2D eigenvalue weighted by Gasteiger charge is 2.22. The molecule has 0 bridgehead atoms. The molecule has 152 valence electrons. The van der Waals surface area contributed by atoms with Gasteiger partial charge in [0, 0.05) is 32.7 Å². The van der Waals surface area contributed by atoms with Crippen LogP contribution in [0.4, 0.5) is 0 Å². The first kappa shape index (κ1) is 20.3. The molecule has 3 rings (SSSR count). The van der Waals surface area contributed by atoms with Gasteiger partial charge in [-0.25, -0.2) is 4.98 Å². The lowest BCUT2D eigenvalue weighted by atomic mass is 10.1. The molecular weight excluding hydrogens is 372 g/mol. The number of carbonyl (C=O) groups excluding carboxylic acids is 3. The fourth-order valence-corrected chi connectivity index (χ4v) is 3.11. The average molecular weight is 396 g/mol. The van der Waals surface area contributed by atoms with Gasteiger partial charge >= 0.3 is 0 Å². The first-order valence-corrected chi connectivity index (χ1v) is 9.47. The number of benzene rings is 1. The third-order valence-corrected chi connectivity index (χ3v) is 4.78. The quantitative estimate of drug-likeness (QED) is 0.705. The van der Waals surface area contributed by atoms with Crippen LogP contribution in [0.3, 0.4) is 0 Å². The zero-order chi connectivity index (χ0) is 20.6. The lowest BCUT2D eigenvalue weighted by molar-refractivity contribution is -0.119. The number of methoxy groups -OCH3 is 1. The second-order valence-electron chi connectivity index (χ2n) is 6.70. The summed E-state index contributed by atoms with van der Waals surface area (Å²) in [6.45, 7) is 2.35. The molecule has 2 heterocycles. The van der Waals surface area contributed by atoms with Gasteiger partial charge in [-0.15, -0.1) is 0 Å². The number of rotatable bonds is 7. The van der Waals surface area contributed by atoms with E-state index in [1.165, 1.54) is 0 Å². The predicted octanol–water partition coefficient (Wildman–Crippen LogP) is 0.977. The highest BCUT2D eigenvalue weighted by atomic mass is 16.5. The number of hydrogen-bond acceptors (Lipinski definition) is 5. The second kappa shape index (κ2) is 9.68. The number of nitrogens with one attached hydrogen (secondary N) is 1. The fraction of sp³-hybridized carbons (Fsp3) is 0.333. The molecule has 1 aliphatic rings. The average Bonchev–Trinajstić information content (AvgIpc) is 2.78. The molecule has 1 N–H and O–H groups in total. The van der Waals surface area contributed by atoms with E-state index in [0.29, 0.717) is 39.1 Å². The van der Waals surface area contributed by atoms with Crippen molar-refractivity contribution in [3.8, 4) is 5.75 Å². The molecule has 1 fully saturated rings. The summed E-state index contributed by atoms with van der Waals surface area (Å²) >= 11 is 0. The van der Waals surface area contributed by atoms with Crippen LogP contribution in [-0.4, -0.2) is 72.8 Å². The maximum absolute atomic E-state index is 12.6. The van der Waals surface area contributed by atoms with Crippen LogP contribution in [0.1, 0.15) is 26.5 Å². The van der Waals surface area contributed by atoms with Crippen LogP contribution >= 0.6 is 0 Å². The van der Waals surface area contributed by atoms with Crippen molar-refractivity contribution in [2.75, 3.05) is 39.8 Å². The van der Waals surface area contributed by atoms with Crippen LogP contribution in [0.2, 0.25) is 0 Å². The van der Waals surface area contributed by atoms with Crippen LogP contribution in [-0.2, 0) is 11.2 Å². The Morgan fingerprint density at radius 1 is 1.10 bits per heavy atom. The first-order chi connectivity index (χ1) is 14.1. The van der Waals surface area contributed by atoms with Crippen molar-refractivity contribution in [1.82, 2.24) is 20.1 Å². The molecule has 29 heavy (non-hydrogen) atoms. The lowest BCUT2D eigenvalue weighted by Gasteiger charge is -2.32. The number of nitrogens with zero attached hydrogens (tertiary/aromatic N) is 3. The molecule has 0 aliphatic carbocycles. The SMILES string of the molecule is COc1cccc(CCNC(=O)c2cccc(C(=O)N3CCN(C=O)CC3)n2)c1. The Morgan fingerprint density at radius 2 is 1.83 bits per heavy atom. The molecule has 8 heteroatoms. The van der Waals surface area contributed by atoms with Crippen LogP contribution in [0.5, 0.6) is 5.75 Å². The zero-order valence-corrected chi connectivity index (χ0v) is 16.3. The predicted molar refractivity (Wildman–Crippen MR) is 107 cm³/mol. The van der Waals surface area contributed by atoms with Gasteiger partial charge in [0.2, 0.25) is 6.41 Å². The van der Waals surface area contributed by atoms with Crippen molar-refractivity contribution >= 4 is 18.2 Å². The molecular formula is C21H24N4O4. The minimum Gasteiger partial charge on any atom is -0.497 e. The van der Waals surface area contributed by atoms with E-state index in [2.05, 4.69) is 10.3 Å². The maximum Gasteiger partial charge on any atom is 0.272 e. The molecule has 0 atom stereocenters. The summed E-state index contributed by atoms with van der Waals surface area (Å²) in [6, 6.07) is 12.5. The Hall–Kier alpha value is -3.42. The molecule has 0 radical (unpaired) electrons. The van der Waals surface area contributed by atoms with Crippen molar-refractivity contribution in [1.29, 1.82) is 0 Å². The minimum absolute atomic E-state index is 0.202. The summed E-state index contributed by atoms with van der Waals surface area (Å²) in [4.78, 5) is 43.4. The van der Waals surface area contributed by atoms with E-state index >= 15 is 0 Å². The van der Waals surface area contributed by atoms with Crippen molar-refractivity contribution in [3.63, 3.8) is 0 Å². The van der Waals surface area contributed by atoms with Crippen molar-refractivity contribution in [3.05, 3.63) is 59.4 Å². The van der Waals surface area contributed by atoms with Gasteiger partial charge in [-0.1, -0.05) is 18.2 Å². The third-order valence-electron chi connectivity index (χ3n) is 4.78. The molecule has 1 aliphatic heterocycles. The lowest BCUT2D eigenvalue weighted by Crippen LogP contribution is -2.48. The van der Waals surface area contributed by atoms with E-state index in [4.69, 9.17) is 4.74 Å². The van der Waals surface area contributed by atoms with Gasteiger partial charge in [-0.3, -0.25) is 14.4 Å². The van der Waals surface area contributed by atoms with Gasteiger partial charge in [0.05, 0.1) is 7.11 Å². The molecule has 8 nitrogen and oxygen atoms in total. The van der Waals surface area contributed by atoms with E-state index in [0.717, 1.165) is 17.7 Å². The van der Waals surface area contributed by atoms with Crippen LogP contribution < -0.4 is 10.1 Å². The molecule has 1 aromatic carbocycles. The molecule has 3 amide bonds. The largest absolute Gasteiger partial charge is 0.497 e. The smallest absolute Gasteiger partial charge is 0.272 e. The standard InChI is InChI=1S/C21H24N4O4/c1-29-17-5-2-4-16(14-17)8-9-22-20(27)18-6-3-7-19(23-18)21(28)25-12-10-24(15-26)11-13-25/h2-7,14-15H,8-13H2,1H3,(H,22,27). The molecule has 1 aromatic heterocycles. The van der Waals surface area contributed by atoms with E-state index < -0.39 is 0 Å². The van der Waals surface area contributed by atoms with Gasteiger partial charge in [0.15, 0.2) is 0 Å². The first-order valence-electron chi connectivity index (χ1n) is 9.47. The Bertz CT molecular complexity index is 878. The monoisotopic (exact) mass is 396 g/mol. The summed E-state index contributed by atoms with van der Waals surface area (Å²) in [5.41, 5.74) is 1.48. The number of aromatic nitrogens is 1. The van der Waals surface area contributed by atoms with Gasteiger partial charge < -0.3 is 19.9 Å². The normalized spacial score (nSPS) is 13.7. The molecule has 0 unspecified atom stereocenters. The number of piperazine rings is 1. The zero-order valence-electron chi connectivity index (χ0n) is 16.3. The summed E-state index contributed by atoms with van der Waals surface area (Å²) < 4.78 is 5.20. The number of pyridine rings is 1. The number of amides is 3. The highest BCUT2D eigenvalue weighted by molar-refractivity contribution is 5.96. The Labute approximate surface area is 169 Å². The van der Waals surface area contributed by atoms with Gasteiger partial charge in [0.25, 0.3) is 11.8 Å². The number of carbonyl (C=O) groups is 3. The van der Waals surface area contributed by atoms with Crippen LogP contribution in [0, 0.1) is 0 Å². The number of hydrogen-bond donors (Lipinski definition) is 1. The molecule has 0 saturated carbocycles. The molecule has 2 aromatic rings. The summed E-state index contributed by atoms with van der Waals surface area (Å²) in [6.07, 6.45) is 1.44. The van der Waals surface area contributed by atoms with Crippen molar-refractivity contribution in [2.24, 2.45) is 0 Å². The van der Waals surface area contributed by atoms with Gasteiger partial charge in [-0.05, 0) is 36.2 Å². The Kier molecular flexibility index (Phi) is 6.78. The van der Waals surface area contributed by atoms with Gasteiger partial charge in [0.1, 0.15) is 17.1 Å². The van der Waals surface area contributed by atoms with Crippen molar-refractivity contribution < 1.29 is 19.1 Å². The van der Waals surface area contributed by atoms with Crippen LogP contribution in [0.25, 0.3) is 0 Å². The minimum atomic E-state index is -0.326. The second-order valence-corrected chi connectivity index (χ2v) is 6.70. The Balaban J connectivity index is 1.56. The summed E-state index contributed by atoms with van der Waals surface area (Å²) in [5, 5.41) is 2.83. The third kappa shape index (κ3) is 5.31. The van der Waals surface area contributed by atoms with E-state index in [1.807, 2.05) is 24.3 Å². The van der Waals surface area contributed by atoms with Crippen LogP contribution in [0.15, 0.2) is 42.5 Å². The molecule has 1 saturated heterocycles. The Morgan fingerprint density at radius 3 is 2.55 bits per heavy atom. The van der Waals surface area contributed by atoms with E-state index in [1.54, 1.807) is 35.1 Å². The van der Waals surface area contributed by atoms with Crippen molar-refractivity contribution in [2.45, 2.75) is 6.42 Å². The maximum atomic E-state index is 12.6. The van der Waals surface area contributed by atoms with Gasteiger partial charge in [-0.2, -0.15) is 0 Å². The highest BCUT2D eigenvalue weighted by Crippen LogP contribution is 2.12.